The minimum atomic E-state index is -1.31. The molecule has 0 aliphatic heterocycles. The molecule has 1 heterocycles. The Balaban J connectivity index is 0.00000272. The molecule has 0 aliphatic rings. The van der Waals surface area contributed by atoms with Gasteiger partial charge < -0.3 is 14.6 Å². The zero-order valence-electron chi connectivity index (χ0n) is 16.6. The molecular weight excluding hydrogens is 462 g/mol. The number of carbonyl (C=O) groups is 1. The molecule has 0 fully saturated rings. The fraction of sp³-hybridized carbons (Fsp3) is 0.0417. The first-order valence-corrected chi connectivity index (χ1v) is 10.7. The number of aromatic carboxylic acids is 1. The van der Waals surface area contributed by atoms with Gasteiger partial charge in [-0.05, 0) is 52.9 Å². The molecule has 0 atom stereocenters. The summed E-state index contributed by atoms with van der Waals surface area (Å²) in [6, 6.07) is 22.2. The molecule has 4 rings (SSSR count). The van der Waals surface area contributed by atoms with E-state index in [2.05, 4.69) is 0 Å². The molecular formula is C24H15Cl2NaO3S. The summed E-state index contributed by atoms with van der Waals surface area (Å²) in [7, 11) is 0. The van der Waals surface area contributed by atoms with Crippen LogP contribution in [0.25, 0.3) is 21.6 Å². The van der Waals surface area contributed by atoms with Gasteiger partial charge in [-0.25, -0.2) is 0 Å². The van der Waals surface area contributed by atoms with Gasteiger partial charge in [-0.3, -0.25) is 0 Å². The van der Waals surface area contributed by atoms with Gasteiger partial charge in [0.1, 0.15) is 12.4 Å². The Hall–Kier alpha value is -1.79. The fourth-order valence-electron chi connectivity index (χ4n) is 3.14. The summed E-state index contributed by atoms with van der Waals surface area (Å²) in [5, 5.41) is 14.1. The quantitative estimate of drug-likeness (QED) is 0.401. The number of benzene rings is 3. The van der Waals surface area contributed by atoms with Crippen molar-refractivity contribution in [2.24, 2.45) is 0 Å². The smallest absolute Gasteiger partial charge is 0.545 e. The number of carbonyl (C=O) groups excluding carboxylic acids is 1. The van der Waals surface area contributed by atoms with Crippen LogP contribution in [0.3, 0.4) is 0 Å². The van der Waals surface area contributed by atoms with Gasteiger partial charge in [0.05, 0.1) is 5.97 Å². The Morgan fingerprint density at radius 3 is 2.45 bits per heavy atom. The Kier molecular flexibility index (Phi) is 8.23. The second-order valence-corrected chi connectivity index (χ2v) is 8.32. The molecule has 0 unspecified atom stereocenters. The minimum Gasteiger partial charge on any atom is -0.545 e. The first-order chi connectivity index (χ1) is 14.5. The van der Waals surface area contributed by atoms with E-state index in [9.17, 15) is 9.90 Å². The summed E-state index contributed by atoms with van der Waals surface area (Å²) >= 11 is 13.8. The van der Waals surface area contributed by atoms with Gasteiger partial charge in [-0.2, -0.15) is 0 Å². The van der Waals surface area contributed by atoms with Crippen LogP contribution >= 0.6 is 34.5 Å². The number of rotatable bonds is 6. The van der Waals surface area contributed by atoms with Crippen molar-refractivity contribution in [2.45, 2.75) is 6.61 Å². The second-order valence-electron chi connectivity index (χ2n) is 6.56. The largest absolute Gasteiger partial charge is 1.00 e. The summed E-state index contributed by atoms with van der Waals surface area (Å²) in [5.41, 5.74) is 3.48. The Bertz CT molecular complexity index is 1210. The van der Waals surface area contributed by atoms with E-state index in [0.717, 1.165) is 27.1 Å². The number of halogens is 2. The minimum absolute atomic E-state index is 0. The summed E-state index contributed by atoms with van der Waals surface area (Å²) in [6.45, 7) is 0.421. The maximum atomic E-state index is 11.4. The Labute approximate surface area is 216 Å². The predicted molar refractivity (Wildman–Crippen MR) is 120 cm³/mol. The van der Waals surface area contributed by atoms with Gasteiger partial charge in [0.25, 0.3) is 0 Å². The average molecular weight is 477 g/mol. The molecule has 3 aromatic carbocycles. The van der Waals surface area contributed by atoms with Crippen LogP contribution in [0, 0.1) is 0 Å². The monoisotopic (exact) mass is 476 g/mol. The van der Waals surface area contributed by atoms with Crippen molar-refractivity contribution in [2.75, 3.05) is 0 Å². The third-order valence-corrected chi connectivity index (χ3v) is 6.11. The number of carboxylic acids is 1. The maximum absolute atomic E-state index is 11.4. The van der Waals surface area contributed by atoms with Crippen molar-refractivity contribution < 1.29 is 44.2 Å². The van der Waals surface area contributed by atoms with E-state index in [-0.39, 0.29) is 40.1 Å². The van der Waals surface area contributed by atoms with Gasteiger partial charge in [0.2, 0.25) is 0 Å². The van der Waals surface area contributed by atoms with Crippen LogP contribution in [0.15, 0.2) is 78.2 Å². The first kappa shape index (κ1) is 23.9. The third kappa shape index (κ3) is 5.53. The van der Waals surface area contributed by atoms with Gasteiger partial charge >= 0.3 is 29.6 Å². The van der Waals surface area contributed by atoms with Crippen LogP contribution in [0.5, 0.6) is 5.75 Å². The Morgan fingerprint density at radius 2 is 1.71 bits per heavy atom. The van der Waals surface area contributed by atoms with E-state index in [1.165, 1.54) is 17.4 Å². The van der Waals surface area contributed by atoms with Gasteiger partial charge in [0, 0.05) is 31.6 Å². The zero-order valence-corrected chi connectivity index (χ0v) is 20.9. The summed E-state index contributed by atoms with van der Waals surface area (Å²) < 4.78 is 6.09. The standard InChI is InChI=1S/C24H16Cl2O3S.Na/c25-17-7-9-22(29-14-15-4-2-1-3-5-15)19(13-17)18-10-11-30-23(18)16-6-8-21(26)20(12-16)24(27)28;/h1-13H,14H2,(H,27,28);/q;+1/p-1. The molecule has 0 N–H and O–H groups in total. The molecule has 0 aliphatic carbocycles. The molecule has 0 amide bonds. The SMILES string of the molecule is O=C([O-])c1cc(-c2sccc2-c2cc(Cl)ccc2OCc2ccccc2)ccc1Cl.[Na+]. The molecule has 31 heavy (non-hydrogen) atoms. The third-order valence-electron chi connectivity index (χ3n) is 4.58. The number of hydrogen-bond donors (Lipinski definition) is 0. The van der Waals surface area contributed by atoms with Crippen molar-refractivity contribution in [3.8, 4) is 27.3 Å². The van der Waals surface area contributed by atoms with E-state index in [1.54, 1.807) is 18.2 Å². The van der Waals surface area contributed by atoms with E-state index < -0.39 is 5.97 Å². The van der Waals surface area contributed by atoms with Gasteiger partial charge in [-0.1, -0.05) is 59.6 Å². The number of carboxylic acid groups (broad SMARTS) is 1. The topological polar surface area (TPSA) is 49.4 Å². The van der Waals surface area contributed by atoms with Crippen LogP contribution in [-0.4, -0.2) is 5.97 Å². The number of ether oxygens (including phenoxy) is 1. The van der Waals surface area contributed by atoms with Crippen molar-refractivity contribution in [1.29, 1.82) is 0 Å². The number of thiophene rings is 1. The second kappa shape index (κ2) is 10.7. The molecule has 7 heteroatoms. The van der Waals surface area contributed by atoms with E-state index in [0.29, 0.717) is 17.4 Å². The normalized spacial score (nSPS) is 10.4. The van der Waals surface area contributed by atoms with Crippen LogP contribution in [0.4, 0.5) is 0 Å². The van der Waals surface area contributed by atoms with Crippen molar-refractivity contribution in [3.63, 3.8) is 0 Å². The Morgan fingerprint density at radius 1 is 0.935 bits per heavy atom. The molecule has 1 aromatic heterocycles. The van der Waals surface area contributed by atoms with Crippen molar-refractivity contribution >= 4 is 40.5 Å². The molecule has 0 bridgehead atoms. The molecule has 3 nitrogen and oxygen atoms in total. The fourth-order valence-corrected chi connectivity index (χ4v) is 4.42. The van der Waals surface area contributed by atoms with Crippen LogP contribution in [0.2, 0.25) is 10.0 Å². The molecule has 150 valence electrons. The van der Waals surface area contributed by atoms with Crippen LogP contribution in [-0.2, 0) is 6.61 Å². The molecule has 0 saturated heterocycles. The van der Waals surface area contributed by atoms with E-state index in [4.69, 9.17) is 27.9 Å². The van der Waals surface area contributed by atoms with Crippen LogP contribution < -0.4 is 39.4 Å². The summed E-state index contributed by atoms with van der Waals surface area (Å²) in [5.74, 6) is -0.619. The van der Waals surface area contributed by atoms with E-state index in [1.807, 2.05) is 53.9 Å². The summed E-state index contributed by atoms with van der Waals surface area (Å²) in [4.78, 5) is 12.3. The van der Waals surface area contributed by atoms with Crippen molar-refractivity contribution in [1.82, 2.24) is 0 Å². The molecule has 0 saturated carbocycles. The van der Waals surface area contributed by atoms with Crippen molar-refractivity contribution in [3.05, 3.63) is 99.3 Å². The maximum Gasteiger partial charge on any atom is 1.00 e. The molecule has 0 radical (unpaired) electrons. The predicted octanol–water partition coefficient (Wildman–Crippen LogP) is 3.34. The zero-order chi connectivity index (χ0) is 21.1. The average Bonchev–Trinajstić information content (AvgIpc) is 3.23. The molecule has 0 spiro atoms. The molecule has 4 aromatic rings. The van der Waals surface area contributed by atoms with Gasteiger partial charge in [0.15, 0.2) is 0 Å². The number of hydrogen-bond acceptors (Lipinski definition) is 4. The van der Waals surface area contributed by atoms with Crippen LogP contribution in [0.1, 0.15) is 15.9 Å². The van der Waals surface area contributed by atoms with E-state index >= 15 is 0 Å². The summed E-state index contributed by atoms with van der Waals surface area (Å²) in [6.07, 6.45) is 0. The van der Waals surface area contributed by atoms with Gasteiger partial charge in [-0.15, -0.1) is 11.3 Å². The first-order valence-electron chi connectivity index (χ1n) is 9.08.